The van der Waals surface area contributed by atoms with Crippen molar-refractivity contribution in [3.05, 3.63) is 22.5 Å². The van der Waals surface area contributed by atoms with E-state index in [4.69, 9.17) is 14.2 Å². The van der Waals surface area contributed by atoms with Crippen molar-refractivity contribution in [3.63, 3.8) is 0 Å². The standard InChI is InChI=1S/C25H37N3O6/c1-16(2)34-24(31)21-17(3)22(26-18(21)4)23(30)28-9-5-19(6-10-28)15-20(29)27-11-7-25(8-12-27)32-13-14-33-25/h16,19,26H,5-15H2,1-4H3. The molecule has 188 valence electrons. The number of nitrogens with zero attached hydrogens (tertiary/aromatic N) is 2. The van der Waals surface area contributed by atoms with E-state index in [1.807, 2.05) is 9.80 Å². The molecule has 34 heavy (non-hydrogen) atoms. The van der Waals surface area contributed by atoms with E-state index in [9.17, 15) is 14.4 Å². The van der Waals surface area contributed by atoms with Gasteiger partial charge in [-0.1, -0.05) is 0 Å². The summed E-state index contributed by atoms with van der Waals surface area (Å²) in [5, 5.41) is 0. The number of esters is 1. The quantitative estimate of drug-likeness (QED) is 0.657. The van der Waals surface area contributed by atoms with Gasteiger partial charge in [-0.25, -0.2) is 4.79 Å². The Morgan fingerprint density at radius 3 is 2.24 bits per heavy atom. The molecule has 9 heteroatoms. The maximum atomic E-state index is 13.2. The van der Waals surface area contributed by atoms with E-state index < -0.39 is 11.8 Å². The van der Waals surface area contributed by atoms with Crippen LogP contribution in [-0.4, -0.2) is 83.9 Å². The fourth-order valence-electron chi connectivity index (χ4n) is 5.30. The molecule has 4 heterocycles. The molecule has 0 radical (unpaired) electrons. The molecule has 0 aromatic carbocycles. The number of hydrogen-bond donors (Lipinski definition) is 1. The monoisotopic (exact) mass is 475 g/mol. The summed E-state index contributed by atoms with van der Waals surface area (Å²) in [6.07, 6.45) is 3.34. The van der Waals surface area contributed by atoms with Gasteiger partial charge in [0.05, 0.1) is 24.9 Å². The number of aryl methyl sites for hydroxylation is 1. The number of carbonyl (C=O) groups excluding carboxylic acids is 3. The highest BCUT2D eigenvalue weighted by Gasteiger charge is 2.41. The lowest BCUT2D eigenvalue weighted by molar-refractivity contribution is -0.187. The second-order valence-corrected chi connectivity index (χ2v) is 10.0. The minimum absolute atomic E-state index is 0.105. The Bertz CT molecular complexity index is 915. The average molecular weight is 476 g/mol. The zero-order valence-corrected chi connectivity index (χ0v) is 20.8. The van der Waals surface area contributed by atoms with Crippen LogP contribution in [0.5, 0.6) is 0 Å². The van der Waals surface area contributed by atoms with Gasteiger partial charge < -0.3 is 29.0 Å². The van der Waals surface area contributed by atoms with Gasteiger partial charge in [0.1, 0.15) is 5.69 Å². The molecule has 3 fully saturated rings. The summed E-state index contributed by atoms with van der Waals surface area (Å²) in [7, 11) is 0. The third-order valence-electron chi connectivity index (χ3n) is 7.25. The SMILES string of the molecule is Cc1[nH]c(C(=O)N2CCC(CC(=O)N3CCC4(CC3)OCCO4)CC2)c(C)c1C(=O)OC(C)C. The highest BCUT2D eigenvalue weighted by molar-refractivity contribution is 6.00. The summed E-state index contributed by atoms with van der Waals surface area (Å²) in [6.45, 7) is 11.0. The number of ether oxygens (including phenoxy) is 3. The largest absolute Gasteiger partial charge is 0.459 e. The van der Waals surface area contributed by atoms with Crippen LogP contribution in [0.2, 0.25) is 0 Å². The first-order valence-electron chi connectivity index (χ1n) is 12.4. The van der Waals surface area contributed by atoms with Crippen molar-refractivity contribution in [1.82, 2.24) is 14.8 Å². The van der Waals surface area contributed by atoms with Gasteiger partial charge in [-0.2, -0.15) is 0 Å². The molecule has 0 bridgehead atoms. The van der Waals surface area contributed by atoms with E-state index in [1.54, 1.807) is 27.7 Å². The molecule has 0 saturated carbocycles. The number of amides is 2. The van der Waals surface area contributed by atoms with Crippen LogP contribution < -0.4 is 0 Å². The average Bonchev–Trinajstić information content (AvgIpc) is 3.37. The molecule has 1 N–H and O–H groups in total. The van der Waals surface area contributed by atoms with E-state index >= 15 is 0 Å². The van der Waals surface area contributed by atoms with Crippen molar-refractivity contribution in [2.75, 3.05) is 39.4 Å². The number of hydrogen-bond acceptors (Lipinski definition) is 6. The lowest BCUT2D eigenvalue weighted by atomic mass is 9.92. The minimum Gasteiger partial charge on any atom is -0.459 e. The van der Waals surface area contributed by atoms with Crippen LogP contribution in [0.25, 0.3) is 0 Å². The molecular weight excluding hydrogens is 438 g/mol. The number of aromatic amines is 1. The molecule has 3 saturated heterocycles. The third-order valence-corrected chi connectivity index (χ3v) is 7.25. The number of carbonyl (C=O) groups is 3. The second-order valence-electron chi connectivity index (χ2n) is 10.0. The first-order valence-corrected chi connectivity index (χ1v) is 12.4. The Kier molecular flexibility index (Phi) is 7.33. The molecule has 2 amide bonds. The molecule has 0 unspecified atom stereocenters. The van der Waals surface area contributed by atoms with E-state index in [1.165, 1.54) is 0 Å². The maximum Gasteiger partial charge on any atom is 0.340 e. The van der Waals surface area contributed by atoms with Crippen LogP contribution in [0.15, 0.2) is 0 Å². The van der Waals surface area contributed by atoms with Crippen molar-refractivity contribution in [2.24, 2.45) is 5.92 Å². The van der Waals surface area contributed by atoms with E-state index in [2.05, 4.69) is 4.98 Å². The highest BCUT2D eigenvalue weighted by Crippen LogP contribution is 2.32. The topological polar surface area (TPSA) is 101 Å². The van der Waals surface area contributed by atoms with Crippen LogP contribution in [0.4, 0.5) is 0 Å². The summed E-state index contributed by atoms with van der Waals surface area (Å²) in [5.41, 5.74) is 2.16. The van der Waals surface area contributed by atoms with Crippen molar-refractivity contribution in [3.8, 4) is 0 Å². The molecule has 3 aliphatic heterocycles. The number of nitrogens with one attached hydrogen (secondary N) is 1. The van der Waals surface area contributed by atoms with Crippen molar-refractivity contribution >= 4 is 17.8 Å². The molecule has 0 aliphatic carbocycles. The molecular formula is C25H37N3O6. The smallest absolute Gasteiger partial charge is 0.340 e. The van der Waals surface area contributed by atoms with Crippen molar-refractivity contribution < 1.29 is 28.6 Å². The van der Waals surface area contributed by atoms with Gasteiger partial charge in [-0.3, -0.25) is 9.59 Å². The maximum absolute atomic E-state index is 13.2. The Hall–Kier alpha value is -2.39. The summed E-state index contributed by atoms with van der Waals surface area (Å²) >= 11 is 0. The zero-order valence-electron chi connectivity index (χ0n) is 20.8. The van der Waals surface area contributed by atoms with Crippen LogP contribution >= 0.6 is 0 Å². The third kappa shape index (κ3) is 5.15. The van der Waals surface area contributed by atoms with E-state index in [-0.39, 0.29) is 23.8 Å². The van der Waals surface area contributed by atoms with Gasteiger partial charge in [0, 0.05) is 51.1 Å². The van der Waals surface area contributed by atoms with E-state index in [0.29, 0.717) is 68.3 Å². The fraction of sp³-hybridized carbons (Fsp3) is 0.720. The lowest BCUT2D eigenvalue weighted by Crippen LogP contribution is -2.48. The Morgan fingerprint density at radius 1 is 1.03 bits per heavy atom. The summed E-state index contributed by atoms with van der Waals surface area (Å²) in [4.78, 5) is 45.3. The predicted molar refractivity (Wildman–Crippen MR) is 125 cm³/mol. The first kappa shape index (κ1) is 24.7. The van der Waals surface area contributed by atoms with Gasteiger partial charge in [0.25, 0.3) is 5.91 Å². The van der Waals surface area contributed by atoms with Gasteiger partial charge >= 0.3 is 5.97 Å². The van der Waals surface area contributed by atoms with Crippen molar-refractivity contribution in [1.29, 1.82) is 0 Å². The highest BCUT2D eigenvalue weighted by atomic mass is 16.7. The van der Waals surface area contributed by atoms with Crippen LogP contribution in [0.1, 0.15) is 78.1 Å². The lowest BCUT2D eigenvalue weighted by Gasteiger charge is -2.38. The second kappa shape index (κ2) is 10.1. The Balaban J connectivity index is 1.28. The molecule has 0 atom stereocenters. The Morgan fingerprint density at radius 2 is 1.65 bits per heavy atom. The number of piperidine rings is 2. The predicted octanol–water partition coefficient (Wildman–Crippen LogP) is 2.80. The number of aromatic nitrogens is 1. The van der Waals surface area contributed by atoms with Crippen molar-refractivity contribution in [2.45, 2.75) is 71.7 Å². The Labute approximate surface area is 201 Å². The number of H-pyrrole nitrogens is 1. The molecule has 3 aliphatic rings. The zero-order chi connectivity index (χ0) is 24.5. The van der Waals surface area contributed by atoms with Crippen LogP contribution in [-0.2, 0) is 19.0 Å². The summed E-state index contributed by atoms with van der Waals surface area (Å²) in [6, 6.07) is 0. The summed E-state index contributed by atoms with van der Waals surface area (Å²) < 4.78 is 16.8. The van der Waals surface area contributed by atoms with Gasteiger partial charge in [0.15, 0.2) is 5.79 Å². The van der Waals surface area contributed by atoms with Gasteiger partial charge in [0.2, 0.25) is 5.91 Å². The molecule has 1 aromatic rings. The first-order chi connectivity index (χ1) is 16.2. The van der Waals surface area contributed by atoms with E-state index in [0.717, 1.165) is 25.7 Å². The van der Waals surface area contributed by atoms with Gasteiger partial charge in [-0.05, 0) is 52.0 Å². The molecule has 9 nitrogen and oxygen atoms in total. The number of likely N-dealkylation sites (tertiary alicyclic amines) is 2. The molecule has 4 rings (SSSR count). The minimum atomic E-state index is -0.470. The molecule has 1 aromatic heterocycles. The fourth-order valence-corrected chi connectivity index (χ4v) is 5.30. The van der Waals surface area contributed by atoms with Gasteiger partial charge in [-0.15, -0.1) is 0 Å². The normalized spacial score (nSPS) is 20.9. The number of rotatable bonds is 5. The van der Waals surface area contributed by atoms with Crippen LogP contribution in [0, 0.1) is 19.8 Å². The summed E-state index contributed by atoms with van der Waals surface area (Å²) in [5.74, 6) is -0.530. The molecule has 1 spiro atoms. The van der Waals surface area contributed by atoms with Crippen LogP contribution in [0.3, 0.4) is 0 Å².